The van der Waals surface area contributed by atoms with E-state index in [1.54, 1.807) is 0 Å². The zero-order valence-corrected chi connectivity index (χ0v) is 13.3. The van der Waals surface area contributed by atoms with Crippen LogP contribution < -0.4 is 10.6 Å². The lowest BCUT2D eigenvalue weighted by Gasteiger charge is -2.29. The van der Waals surface area contributed by atoms with Gasteiger partial charge in [-0.05, 0) is 63.5 Å². The van der Waals surface area contributed by atoms with E-state index in [4.69, 9.17) is 0 Å². The van der Waals surface area contributed by atoms with Gasteiger partial charge < -0.3 is 15.7 Å². The highest BCUT2D eigenvalue weighted by Crippen LogP contribution is 2.24. The lowest BCUT2D eigenvalue weighted by Crippen LogP contribution is -2.40. The molecule has 1 saturated carbocycles. The Hall–Kier alpha value is -0.320. The van der Waals surface area contributed by atoms with Crippen LogP contribution in [0.2, 0.25) is 0 Å². The van der Waals surface area contributed by atoms with Crippen molar-refractivity contribution in [1.29, 1.82) is 0 Å². The zero-order valence-electron chi connectivity index (χ0n) is 12.4. The monoisotopic (exact) mass is 304 g/mol. The predicted molar refractivity (Wildman–Crippen MR) is 83.0 cm³/mol. The van der Waals surface area contributed by atoms with E-state index in [0.717, 1.165) is 38.8 Å². The normalized spacial score (nSPS) is 29.3. The fraction of sp³-hybridized carbons (Fsp3) is 0.933. The van der Waals surface area contributed by atoms with E-state index in [9.17, 15) is 9.90 Å². The summed E-state index contributed by atoms with van der Waals surface area (Å²) in [5.41, 5.74) is 0. The molecule has 118 valence electrons. The van der Waals surface area contributed by atoms with E-state index < -0.39 is 0 Å². The highest BCUT2D eigenvalue weighted by atomic mass is 35.5. The summed E-state index contributed by atoms with van der Waals surface area (Å²) in [6.45, 7) is 4.40. The van der Waals surface area contributed by atoms with E-state index in [1.165, 1.54) is 12.8 Å². The number of piperidine rings is 1. The van der Waals surface area contributed by atoms with Gasteiger partial charge in [0.1, 0.15) is 0 Å². The third-order valence-corrected chi connectivity index (χ3v) is 4.76. The largest absolute Gasteiger partial charge is 0.393 e. The van der Waals surface area contributed by atoms with Gasteiger partial charge in [0.25, 0.3) is 0 Å². The van der Waals surface area contributed by atoms with E-state index in [-0.39, 0.29) is 30.5 Å². The van der Waals surface area contributed by atoms with E-state index in [2.05, 4.69) is 17.6 Å². The molecular formula is C15H29ClN2O2. The Morgan fingerprint density at radius 2 is 1.80 bits per heavy atom. The number of aliphatic hydroxyl groups excluding tert-OH is 1. The number of carbonyl (C=O) groups excluding carboxylic acids is 1. The standard InChI is InChI=1S/C15H28N2O2.ClH/c1-11(12-6-8-16-9-7-12)10-15(19)17-13-2-4-14(18)5-3-13;/h11-14,16,18H,2-10H2,1H3,(H,17,19);1H. The molecule has 1 unspecified atom stereocenters. The SMILES string of the molecule is CC(CC(=O)NC1CCC(O)CC1)C1CCNCC1.Cl. The van der Waals surface area contributed by atoms with Gasteiger partial charge in [-0.1, -0.05) is 6.92 Å². The highest BCUT2D eigenvalue weighted by Gasteiger charge is 2.24. The second-order valence-corrected chi connectivity index (χ2v) is 6.34. The number of hydrogen-bond donors (Lipinski definition) is 3. The summed E-state index contributed by atoms with van der Waals surface area (Å²) in [7, 11) is 0. The van der Waals surface area contributed by atoms with Crippen LogP contribution in [0, 0.1) is 11.8 Å². The summed E-state index contributed by atoms with van der Waals surface area (Å²) in [6.07, 6.45) is 6.41. The van der Waals surface area contributed by atoms with Gasteiger partial charge in [0, 0.05) is 12.5 Å². The van der Waals surface area contributed by atoms with Crippen LogP contribution in [0.4, 0.5) is 0 Å². The molecule has 0 spiro atoms. The van der Waals surface area contributed by atoms with Crippen LogP contribution in [0.3, 0.4) is 0 Å². The van der Waals surface area contributed by atoms with E-state index >= 15 is 0 Å². The van der Waals surface area contributed by atoms with Crippen molar-refractivity contribution in [2.75, 3.05) is 13.1 Å². The number of carbonyl (C=O) groups is 1. The molecule has 1 heterocycles. The van der Waals surface area contributed by atoms with Crippen molar-refractivity contribution < 1.29 is 9.90 Å². The van der Waals surface area contributed by atoms with Crippen molar-refractivity contribution in [3.63, 3.8) is 0 Å². The molecule has 0 aromatic rings. The molecule has 1 amide bonds. The molecule has 1 atom stereocenters. The van der Waals surface area contributed by atoms with Gasteiger partial charge in [-0.2, -0.15) is 0 Å². The smallest absolute Gasteiger partial charge is 0.220 e. The minimum Gasteiger partial charge on any atom is -0.393 e. The summed E-state index contributed by atoms with van der Waals surface area (Å²) in [4.78, 5) is 12.1. The first kappa shape index (κ1) is 17.7. The van der Waals surface area contributed by atoms with Crippen molar-refractivity contribution in [3.05, 3.63) is 0 Å². The Bertz CT molecular complexity index is 288. The zero-order chi connectivity index (χ0) is 13.7. The quantitative estimate of drug-likeness (QED) is 0.743. The molecule has 3 N–H and O–H groups in total. The minimum absolute atomic E-state index is 0. The molecule has 20 heavy (non-hydrogen) atoms. The molecule has 1 saturated heterocycles. The summed E-state index contributed by atoms with van der Waals surface area (Å²) in [5, 5.41) is 16.0. The molecule has 1 aliphatic heterocycles. The number of amides is 1. The molecule has 1 aliphatic carbocycles. The lowest BCUT2D eigenvalue weighted by molar-refractivity contribution is -0.123. The summed E-state index contributed by atoms with van der Waals surface area (Å²) in [5.74, 6) is 1.38. The Labute approximate surface area is 128 Å². The molecule has 2 aliphatic rings. The first-order chi connectivity index (χ1) is 9.15. The highest BCUT2D eigenvalue weighted by molar-refractivity contribution is 5.85. The fourth-order valence-corrected chi connectivity index (χ4v) is 3.38. The van der Waals surface area contributed by atoms with Crippen molar-refractivity contribution in [2.24, 2.45) is 11.8 Å². The van der Waals surface area contributed by atoms with Crippen LogP contribution in [-0.2, 0) is 4.79 Å². The molecule has 0 aromatic heterocycles. The Morgan fingerprint density at radius 3 is 2.40 bits per heavy atom. The third-order valence-electron chi connectivity index (χ3n) is 4.76. The van der Waals surface area contributed by atoms with Crippen LogP contribution in [0.25, 0.3) is 0 Å². The number of halogens is 1. The maximum absolute atomic E-state index is 12.1. The average molecular weight is 305 g/mol. The van der Waals surface area contributed by atoms with Crippen LogP contribution >= 0.6 is 12.4 Å². The van der Waals surface area contributed by atoms with Gasteiger partial charge in [-0.15, -0.1) is 12.4 Å². The van der Waals surface area contributed by atoms with Crippen LogP contribution in [0.15, 0.2) is 0 Å². The number of rotatable bonds is 4. The molecule has 0 radical (unpaired) electrons. The molecule has 2 fully saturated rings. The van der Waals surface area contributed by atoms with Gasteiger partial charge in [0.05, 0.1) is 6.10 Å². The van der Waals surface area contributed by atoms with Crippen LogP contribution in [0.1, 0.15) is 51.9 Å². The molecule has 0 bridgehead atoms. The van der Waals surface area contributed by atoms with Crippen molar-refractivity contribution in [2.45, 2.75) is 64.0 Å². The van der Waals surface area contributed by atoms with Gasteiger partial charge in [-0.3, -0.25) is 4.79 Å². The van der Waals surface area contributed by atoms with Gasteiger partial charge >= 0.3 is 0 Å². The van der Waals surface area contributed by atoms with E-state index in [1.807, 2.05) is 0 Å². The van der Waals surface area contributed by atoms with Crippen molar-refractivity contribution in [3.8, 4) is 0 Å². The van der Waals surface area contributed by atoms with Gasteiger partial charge in [0.15, 0.2) is 0 Å². The Kier molecular flexibility index (Phi) is 7.85. The Balaban J connectivity index is 0.00000200. The number of nitrogens with one attached hydrogen (secondary N) is 2. The second-order valence-electron chi connectivity index (χ2n) is 6.34. The van der Waals surface area contributed by atoms with Gasteiger partial charge in [-0.25, -0.2) is 0 Å². The first-order valence-electron chi connectivity index (χ1n) is 7.83. The maximum atomic E-state index is 12.1. The molecular weight excluding hydrogens is 276 g/mol. The average Bonchev–Trinajstić information content (AvgIpc) is 2.42. The summed E-state index contributed by atoms with van der Waals surface area (Å²) >= 11 is 0. The van der Waals surface area contributed by atoms with Gasteiger partial charge in [0.2, 0.25) is 5.91 Å². The topological polar surface area (TPSA) is 61.4 Å². The van der Waals surface area contributed by atoms with Crippen molar-refractivity contribution in [1.82, 2.24) is 10.6 Å². The number of aliphatic hydroxyl groups is 1. The van der Waals surface area contributed by atoms with Crippen LogP contribution in [0.5, 0.6) is 0 Å². The number of hydrogen-bond acceptors (Lipinski definition) is 3. The fourth-order valence-electron chi connectivity index (χ4n) is 3.38. The van der Waals surface area contributed by atoms with Crippen LogP contribution in [-0.4, -0.2) is 36.2 Å². The molecule has 2 rings (SSSR count). The molecule has 5 heteroatoms. The van der Waals surface area contributed by atoms with Crippen molar-refractivity contribution >= 4 is 18.3 Å². The molecule has 0 aromatic carbocycles. The first-order valence-corrected chi connectivity index (χ1v) is 7.83. The van der Waals surface area contributed by atoms with E-state index in [0.29, 0.717) is 18.3 Å². The maximum Gasteiger partial charge on any atom is 0.220 e. The third kappa shape index (κ3) is 5.58. The predicted octanol–water partition coefficient (Wildman–Crippen LogP) is 1.85. The Morgan fingerprint density at radius 1 is 1.20 bits per heavy atom. The summed E-state index contributed by atoms with van der Waals surface area (Å²) in [6, 6.07) is 0.288. The lowest BCUT2D eigenvalue weighted by atomic mass is 9.84. The molecule has 4 nitrogen and oxygen atoms in total. The second kappa shape index (κ2) is 8.85. The minimum atomic E-state index is -0.151. The summed E-state index contributed by atoms with van der Waals surface area (Å²) < 4.78 is 0.